The standard InChI is InChI=1S/C17H20N4O2S/c1-11(16(23)20-17-18-7-9-24-17)21-8-6-14-13(10-21)4-3-5-15(14)19-12(2)22/h3-5,7,9,11H,6,8,10H2,1-2H3,(H,19,22)(H,18,20,23). The minimum Gasteiger partial charge on any atom is -0.326 e. The fourth-order valence-corrected chi connectivity index (χ4v) is 3.46. The van der Waals surface area contributed by atoms with Crippen molar-refractivity contribution in [3.8, 4) is 0 Å². The summed E-state index contributed by atoms with van der Waals surface area (Å²) in [5, 5.41) is 8.19. The smallest absolute Gasteiger partial charge is 0.243 e. The summed E-state index contributed by atoms with van der Waals surface area (Å²) in [4.78, 5) is 30.0. The van der Waals surface area contributed by atoms with E-state index in [1.165, 1.54) is 18.3 Å². The predicted octanol–water partition coefficient (Wildman–Crippen LogP) is 2.49. The SMILES string of the molecule is CC(=O)Nc1cccc2c1CCN(C(C)C(=O)Nc1nccs1)C2. The summed E-state index contributed by atoms with van der Waals surface area (Å²) in [6.45, 7) is 4.89. The molecule has 0 fully saturated rings. The zero-order valence-corrected chi connectivity index (χ0v) is 14.5. The third-order valence-electron chi connectivity index (χ3n) is 4.20. The van der Waals surface area contributed by atoms with Crippen LogP contribution in [0.2, 0.25) is 0 Å². The molecule has 0 bridgehead atoms. The molecule has 1 aromatic heterocycles. The average molecular weight is 344 g/mol. The fourth-order valence-electron chi connectivity index (χ4n) is 2.93. The number of benzene rings is 1. The molecule has 2 aromatic rings. The van der Waals surface area contributed by atoms with E-state index in [1.807, 2.05) is 24.4 Å². The third kappa shape index (κ3) is 3.63. The number of amides is 2. The predicted molar refractivity (Wildman–Crippen MR) is 95.1 cm³/mol. The van der Waals surface area contributed by atoms with Crippen molar-refractivity contribution >= 4 is 34.0 Å². The zero-order chi connectivity index (χ0) is 17.1. The van der Waals surface area contributed by atoms with Crippen molar-refractivity contribution in [3.05, 3.63) is 40.9 Å². The van der Waals surface area contributed by atoms with E-state index >= 15 is 0 Å². The van der Waals surface area contributed by atoms with Gasteiger partial charge >= 0.3 is 0 Å². The van der Waals surface area contributed by atoms with Gasteiger partial charge in [0.25, 0.3) is 0 Å². The van der Waals surface area contributed by atoms with Crippen LogP contribution in [0.4, 0.5) is 10.8 Å². The molecule has 126 valence electrons. The molecule has 0 aliphatic carbocycles. The van der Waals surface area contributed by atoms with E-state index in [9.17, 15) is 9.59 Å². The Morgan fingerprint density at radius 1 is 1.33 bits per heavy atom. The molecule has 1 aromatic carbocycles. The van der Waals surface area contributed by atoms with Crippen LogP contribution in [0.5, 0.6) is 0 Å². The summed E-state index contributed by atoms with van der Waals surface area (Å²) in [5.41, 5.74) is 3.19. The van der Waals surface area contributed by atoms with E-state index in [1.54, 1.807) is 6.20 Å². The minimum atomic E-state index is -0.244. The molecule has 0 saturated heterocycles. The molecule has 7 heteroatoms. The van der Waals surface area contributed by atoms with E-state index in [0.717, 1.165) is 29.8 Å². The Hall–Kier alpha value is -2.25. The molecular weight excluding hydrogens is 324 g/mol. The first kappa shape index (κ1) is 16.6. The van der Waals surface area contributed by atoms with Crippen molar-refractivity contribution in [1.82, 2.24) is 9.88 Å². The van der Waals surface area contributed by atoms with E-state index in [2.05, 4.69) is 26.6 Å². The maximum absolute atomic E-state index is 12.4. The Morgan fingerprint density at radius 2 is 2.17 bits per heavy atom. The Balaban J connectivity index is 1.70. The first-order valence-electron chi connectivity index (χ1n) is 7.87. The lowest BCUT2D eigenvalue weighted by Crippen LogP contribution is -2.44. The highest BCUT2D eigenvalue weighted by Crippen LogP contribution is 2.27. The van der Waals surface area contributed by atoms with Gasteiger partial charge in [0, 0.05) is 37.3 Å². The molecule has 2 heterocycles. The van der Waals surface area contributed by atoms with Crippen LogP contribution in [0.15, 0.2) is 29.8 Å². The van der Waals surface area contributed by atoms with E-state index in [-0.39, 0.29) is 17.9 Å². The molecule has 1 atom stereocenters. The summed E-state index contributed by atoms with van der Waals surface area (Å²) in [6, 6.07) is 5.67. The molecule has 0 saturated carbocycles. The average Bonchev–Trinajstić information content (AvgIpc) is 3.06. The van der Waals surface area contributed by atoms with Crippen LogP contribution in [0.1, 0.15) is 25.0 Å². The number of fused-ring (bicyclic) bond motifs is 1. The van der Waals surface area contributed by atoms with Crippen molar-refractivity contribution in [3.63, 3.8) is 0 Å². The number of anilines is 2. The summed E-state index contributed by atoms with van der Waals surface area (Å²) >= 11 is 1.41. The number of nitrogens with one attached hydrogen (secondary N) is 2. The van der Waals surface area contributed by atoms with Crippen molar-refractivity contribution < 1.29 is 9.59 Å². The van der Waals surface area contributed by atoms with E-state index < -0.39 is 0 Å². The number of hydrogen-bond donors (Lipinski definition) is 2. The second-order valence-electron chi connectivity index (χ2n) is 5.85. The van der Waals surface area contributed by atoms with Crippen molar-refractivity contribution in [2.45, 2.75) is 32.9 Å². The minimum absolute atomic E-state index is 0.0496. The summed E-state index contributed by atoms with van der Waals surface area (Å²) < 4.78 is 0. The maximum atomic E-state index is 12.4. The van der Waals surface area contributed by atoms with Gasteiger partial charge in [-0.1, -0.05) is 12.1 Å². The van der Waals surface area contributed by atoms with Crippen molar-refractivity contribution in [1.29, 1.82) is 0 Å². The molecular formula is C17H20N4O2S. The van der Waals surface area contributed by atoms with Gasteiger partial charge in [0.05, 0.1) is 6.04 Å². The second kappa shape index (κ2) is 7.11. The van der Waals surface area contributed by atoms with Gasteiger partial charge in [0.15, 0.2) is 5.13 Å². The fraction of sp³-hybridized carbons (Fsp3) is 0.353. The van der Waals surface area contributed by atoms with Crippen molar-refractivity contribution in [2.24, 2.45) is 0 Å². The molecule has 0 spiro atoms. The molecule has 24 heavy (non-hydrogen) atoms. The third-order valence-corrected chi connectivity index (χ3v) is 4.88. The van der Waals surface area contributed by atoms with Crippen LogP contribution in [-0.4, -0.2) is 34.3 Å². The Morgan fingerprint density at radius 3 is 2.88 bits per heavy atom. The van der Waals surface area contributed by atoms with Gasteiger partial charge in [-0.15, -0.1) is 11.3 Å². The summed E-state index contributed by atoms with van der Waals surface area (Å²) in [5.74, 6) is -0.117. The number of thiazole rings is 1. The highest BCUT2D eigenvalue weighted by Gasteiger charge is 2.26. The van der Waals surface area contributed by atoms with Crippen LogP contribution in [0, 0.1) is 0 Å². The van der Waals surface area contributed by atoms with Crippen LogP contribution < -0.4 is 10.6 Å². The summed E-state index contributed by atoms with van der Waals surface area (Å²) in [6.07, 6.45) is 2.48. The monoisotopic (exact) mass is 344 g/mol. The van der Waals surface area contributed by atoms with E-state index in [4.69, 9.17) is 0 Å². The molecule has 2 N–H and O–H groups in total. The maximum Gasteiger partial charge on any atom is 0.243 e. The van der Waals surface area contributed by atoms with E-state index in [0.29, 0.717) is 11.7 Å². The Bertz CT molecular complexity index is 745. The number of aromatic nitrogens is 1. The first-order valence-corrected chi connectivity index (χ1v) is 8.75. The second-order valence-corrected chi connectivity index (χ2v) is 6.74. The molecule has 1 unspecified atom stereocenters. The zero-order valence-electron chi connectivity index (χ0n) is 13.7. The van der Waals surface area contributed by atoms with Crippen molar-refractivity contribution in [2.75, 3.05) is 17.2 Å². The number of nitrogens with zero attached hydrogens (tertiary/aromatic N) is 2. The Kier molecular flexibility index (Phi) is 4.92. The highest BCUT2D eigenvalue weighted by molar-refractivity contribution is 7.13. The molecule has 1 aliphatic rings. The normalized spacial score (nSPS) is 15.4. The Labute approximate surface area is 144 Å². The molecule has 3 rings (SSSR count). The number of carbonyl (C=O) groups is 2. The number of hydrogen-bond acceptors (Lipinski definition) is 5. The van der Waals surface area contributed by atoms with Crippen LogP contribution in [0.25, 0.3) is 0 Å². The van der Waals surface area contributed by atoms with Gasteiger partial charge in [0.2, 0.25) is 11.8 Å². The quantitative estimate of drug-likeness (QED) is 0.894. The molecule has 6 nitrogen and oxygen atoms in total. The lowest BCUT2D eigenvalue weighted by atomic mass is 9.96. The highest BCUT2D eigenvalue weighted by atomic mass is 32.1. The topological polar surface area (TPSA) is 74.3 Å². The van der Waals surface area contributed by atoms with Gasteiger partial charge in [-0.3, -0.25) is 14.5 Å². The largest absolute Gasteiger partial charge is 0.326 e. The molecule has 2 amide bonds. The number of rotatable bonds is 4. The van der Waals surface area contributed by atoms with Gasteiger partial charge < -0.3 is 10.6 Å². The van der Waals surface area contributed by atoms with Crippen LogP contribution in [0.3, 0.4) is 0 Å². The molecule has 0 radical (unpaired) electrons. The van der Waals surface area contributed by atoms with Gasteiger partial charge in [-0.25, -0.2) is 4.98 Å². The van der Waals surface area contributed by atoms with Crippen LogP contribution in [-0.2, 0) is 22.6 Å². The lowest BCUT2D eigenvalue weighted by Gasteiger charge is -2.33. The number of carbonyl (C=O) groups excluding carboxylic acids is 2. The summed E-state index contributed by atoms with van der Waals surface area (Å²) in [7, 11) is 0. The van der Waals surface area contributed by atoms with Gasteiger partial charge in [0.1, 0.15) is 0 Å². The van der Waals surface area contributed by atoms with Crippen LogP contribution >= 0.6 is 11.3 Å². The lowest BCUT2D eigenvalue weighted by molar-refractivity contribution is -0.121. The first-order chi connectivity index (χ1) is 11.5. The van der Waals surface area contributed by atoms with Gasteiger partial charge in [-0.2, -0.15) is 0 Å². The molecule has 1 aliphatic heterocycles. The van der Waals surface area contributed by atoms with Gasteiger partial charge in [-0.05, 0) is 30.5 Å².